The highest BCUT2D eigenvalue weighted by Gasteiger charge is 2.07. The molecule has 0 aromatic heterocycles. The van der Waals surface area contributed by atoms with Crippen molar-refractivity contribution in [2.24, 2.45) is 0 Å². The molecule has 154 valence electrons. The number of thiocarbonyl (C=S) groups is 1. The summed E-state index contributed by atoms with van der Waals surface area (Å²) in [5.74, 6) is 1.12. The van der Waals surface area contributed by atoms with Crippen LogP contribution in [0, 0.1) is 6.92 Å². The van der Waals surface area contributed by atoms with Crippen molar-refractivity contribution in [3.63, 3.8) is 0 Å². The minimum Gasteiger partial charge on any atom is -0.493 e. The molecule has 29 heavy (non-hydrogen) atoms. The summed E-state index contributed by atoms with van der Waals surface area (Å²) < 4.78 is 11.1. The first-order chi connectivity index (χ1) is 14.0. The quantitative estimate of drug-likeness (QED) is 0.363. The molecule has 0 aliphatic heterocycles. The fourth-order valence-corrected chi connectivity index (χ4v) is 2.67. The Labute approximate surface area is 178 Å². The highest BCUT2D eigenvalue weighted by molar-refractivity contribution is 7.80. The third kappa shape index (κ3) is 7.95. The number of amides is 1. The van der Waals surface area contributed by atoms with E-state index in [4.69, 9.17) is 21.7 Å². The van der Waals surface area contributed by atoms with Gasteiger partial charge in [0.05, 0.1) is 13.7 Å². The molecule has 0 aliphatic carbocycles. The molecule has 2 N–H and O–H groups in total. The van der Waals surface area contributed by atoms with Crippen LogP contribution in [0.5, 0.6) is 11.5 Å². The average Bonchev–Trinajstić information content (AvgIpc) is 2.72. The molecular formula is C23H28N2O3S. The van der Waals surface area contributed by atoms with Gasteiger partial charge in [-0.25, -0.2) is 0 Å². The van der Waals surface area contributed by atoms with Crippen LogP contribution in [0.4, 0.5) is 0 Å². The molecule has 2 rings (SSSR count). The lowest BCUT2D eigenvalue weighted by atomic mass is 10.1. The molecule has 0 fully saturated rings. The summed E-state index contributed by atoms with van der Waals surface area (Å²) in [5, 5.41) is 5.94. The highest BCUT2D eigenvalue weighted by Crippen LogP contribution is 2.28. The lowest BCUT2D eigenvalue weighted by Crippen LogP contribution is -2.37. The van der Waals surface area contributed by atoms with E-state index < -0.39 is 0 Å². The van der Waals surface area contributed by atoms with Gasteiger partial charge in [0.2, 0.25) is 5.91 Å². The van der Waals surface area contributed by atoms with Gasteiger partial charge in [-0.15, -0.1) is 0 Å². The number of nitrogens with one attached hydrogen (secondary N) is 2. The maximum absolute atomic E-state index is 12.0. The van der Waals surface area contributed by atoms with Gasteiger partial charge in [0, 0.05) is 12.6 Å². The minimum absolute atomic E-state index is 0.269. The van der Waals surface area contributed by atoms with E-state index in [0.29, 0.717) is 18.9 Å². The Morgan fingerprint density at radius 3 is 2.59 bits per heavy atom. The lowest BCUT2D eigenvalue weighted by Gasteiger charge is -2.13. The van der Waals surface area contributed by atoms with Crippen LogP contribution in [-0.2, 0) is 11.3 Å². The second kappa shape index (κ2) is 11.9. The van der Waals surface area contributed by atoms with E-state index in [-0.39, 0.29) is 11.0 Å². The zero-order valence-electron chi connectivity index (χ0n) is 17.2. The number of rotatable bonds is 9. The maximum atomic E-state index is 12.0. The number of benzene rings is 2. The lowest BCUT2D eigenvalue weighted by molar-refractivity contribution is -0.115. The zero-order chi connectivity index (χ0) is 21.1. The van der Waals surface area contributed by atoms with E-state index in [1.807, 2.05) is 49.4 Å². The molecule has 5 nitrogen and oxygen atoms in total. The second-order valence-corrected chi connectivity index (χ2v) is 7.01. The van der Waals surface area contributed by atoms with E-state index >= 15 is 0 Å². The Kier molecular flexibility index (Phi) is 9.18. The van der Waals surface area contributed by atoms with E-state index in [9.17, 15) is 4.79 Å². The molecule has 0 atom stereocenters. The van der Waals surface area contributed by atoms with Crippen LogP contribution >= 0.6 is 12.2 Å². The normalized spacial score (nSPS) is 10.6. The number of aryl methyl sites for hydroxylation is 1. The van der Waals surface area contributed by atoms with Gasteiger partial charge in [-0.2, -0.15) is 0 Å². The number of methoxy groups -OCH3 is 1. The molecule has 0 unspecified atom stereocenters. The largest absolute Gasteiger partial charge is 0.493 e. The second-order valence-electron chi connectivity index (χ2n) is 6.60. The molecule has 0 heterocycles. The fourth-order valence-electron chi connectivity index (χ4n) is 2.50. The molecule has 0 aliphatic rings. The summed E-state index contributed by atoms with van der Waals surface area (Å²) in [6, 6.07) is 13.6. The van der Waals surface area contributed by atoms with Crippen LogP contribution in [0.1, 0.15) is 36.5 Å². The standard InChI is InChI=1S/C23H28N2O3S/c1-4-5-14-28-20-12-10-19(15-21(20)27-3)16-24-23(29)25-22(26)13-11-18-8-6-17(2)7-9-18/h6-13,15H,4-5,14,16H2,1-3H3,(H2,24,25,26,29)/b13-11+. The third-order valence-electron chi connectivity index (χ3n) is 4.18. The zero-order valence-corrected chi connectivity index (χ0v) is 18.0. The number of hydrogen-bond donors (Lipinski definition) is 2. The number of unbranched alkanes of at least 4 members (excludes halogenated alkanes) is 1. The Morgan fingerprint density at radius 1 is 1.14 bits per heavy atom. The summed E-state index contributed by atoms with van der Waals surface area (Å²) in [7, 11) is 1.62. The molecule has 2 aromatic carbocycles. The summed E-state index contributed by atoms with van der Waals surface area (Å²) in [5.41, 5.74) is 3.10. The van der Waals surface area contributed by atoms with E-state index in [1.165, 1.54) is 11.6 Å². The Morgan fingerprint density at radius 2 is 1.90 bits per heavy atom. The number of hydrogen-bond acceptors (Lipinski definition) is 4. The minimum atomic E-state index is -0.277. The maximum Gasteiger partial charge on any atom is 0.250 e. The fraction of sp³-hybridized carbons (Fsp3) is 0.304. The van der Waals surface area contributed by atoms with Gasteiger partial charge in [0.15, 0.2) is 16.6 Å². The van der Waals surface area contributed by atoms with Crippen LogP contribution in [0.15, 0.2) is 48.5 Å². The van der Waals surface area contributed by atoms with Gasteiger partial charge in [-0.1, -0.05) is 49.2 Å². The van der Waals surface area contributed by atoms with Crippen molar-refractivity contribution in [1.82, 2.24) is 10.6 Å². The van der Waals surface area contributed by atoms with Crippen LogP contribution in [0.2, 0.25) is 0 Å². The molecule has 0 radical (unpaired) electrons. The van der Waals surface area contributed by atoms with Crippen molar-refractivity contribution < 1.29 is 14.3 Å². The van der Waals surface area contributed by atoms with E-state index in [0.717, 1.165) is 29.7 Å². The SMILES string of the molecule is CCCCOc1ccc(CNC(=S)NC(=O)/C=C/c2ccc(C)cc2)cc1OC. The van der Waals surface area contributed by atoms with Gasteiger partial charge in [0.25, 0.3) is 0 Å². The molecule has 0 spiro atoms. The first-order valence-electron chi connectivity index (χ1n) is 9.65. The average molecular weight is 413 g/mol. The van der Waals surface area contributed by atoms with Crippen LogP contribution in [0.25, 0.3) is 6.08 Å². The van der Waals surface area contributed by atoms with Gasteiger partial charge in [-0.3, -0.25) is 10.1 Å². The summed E-state index contributed by atoms with van der Waals surface area (Å²) in [6.07, 6.45) is 5.29. The summed E-state index contributed by atoms with van der Waals surface area (Å²) in [4.78, 5) is 12.0. The van der Waals surface area contributed by atoms with Crippen molar-refractivity contribution in [3.8, 4) is 11.5 Å². The van der Waals surface area contributed by atoms with Crippen molar-refractivity contribution in [3.05, 3.63) is 65.2 Å². The smallest absolute Gasteiger partial charge is 0.250 e. The van der Waals surface area contributed by atoms with Crippen molar-refractivity contribution in [2.75, 3.05) is 13.7 Å². The Balaban J connectivity index is 1.83. The van der Waals surface area contributed by atoms with Crippen molar-refractivity contribution in [2.45, 2.75) is 33.2 Å². The molecule has 0 saturated heterocycles. The van der Waals surface area contributed by atoms with Gasteiger partial charge in [-0.05, 0) is 54.9 Å². The van der Waals surface area contributed by atoms with Crippen LogP contribution in [0.3, 0.4) is 0 Å². The van der Waals surface area contributed by atoms with Gasteiger partial charge < -0.3 is 14.8 Å². The van der Waals surface area contributed by atoms with E-state index in [2.05, 4.69) is 17.6 Å². The first kappa shape index (κ1) is 22.4. The van der Waals surface area contributed by atoms with Crippen LogP contribution in [-0.4, -0.2) is 24.7 Å². The Bertz CT molecular complexity index is 848. The highest BCUT2D eigenvalue weighted by atomic mass is 32.1. The molecule has 1 amide bonds. The predicted molar refractivity (Wildman–Crippen MR) is 121 cm³/mol. The number of ether oxygens (including phenoxy) is 2. The van der Waals surface area contributed by atoms with Gasteiger partial charge in [0.1, 0.15) is 0 Å². The van der Waals surface area contributed by atoms with Crippen molar-refractivity contribution in [1.29, 1.82) is 0 Å². The molecular weight excluding hydrogens is 384 g/mol. The summed E-state index contributed by atoms with van der Waals surface area (Å²) in [6.45, 7) is 5.27. The third-order valence-corrected chi connectivity index (χ3v) is 4.42. The van der Waals surface area contributed by atoms with Crippen LogP contribution < -0.4 is 20.1 Å². The molecule has 0 bridgehead atoms. The molecule has 2 aromatic rings. The van der Waals surface area contributed by atoms with E-state index in [1.54, 1.807) is 13.2 Å². The van der Waals surface area contributed by atoms with Crippen molar-refractivity contribution >= 4 is 29.3 Å². The first-order valence-corrected chi connectivity index (χ1v) is 10.1. The monoisotopic (exact) mass is 412 g/mol. The Hall–Kier alpha value is -2.86. The number of carbonyl (C=O) groups excluding carboxylic acids is 1. The topological polar surface area (TPSA) is 59.6 Å². The predicted octanol–water partition coefficient (Wildman–Crippen LogP) is 4.39. The number of carbonyl (C=O) groups is 1. The van der Waals surface area contributed by atoms with Gasteiger partial charge >= 0.3 is 0 Å². The summed E-state index contributed by atoms with van der Waals surface area (Å²) >= 11 is 5.20. The molecule has 6 heteroatoms. The molecule has 0 saturated carbocycles.